The first kappa shape index (κ1) is 18.0. The van der Waals surface area contributed by atoms with E-state index >= 15 is 0 Å². The highest BCUT2D eigenvalue weighted by atomic mass is 35.5. The van der Waals surface area contributed by atoms with E-state index in [4.69, 9.17) is 16.3 Å². The standard InChI is InChI=1S/C21H20ClNO4/c1-4-27-21(26)14-9-11(5-8-15(14)22)23-19(24)17-12-6-7-13(16(12)10(2)3)18(17)20(23)25/h5-9,12-13,17-18H,4H2,1-3H3/t12-,13-,17-,18+/m1/s1. The van der Waals surface area contributed by atoms with Gasteiger partial charge in [-0.25, -0.2) is 9.69 Å². The lowest BCUT2D eigenvalue weighted by molar-refractivity contribution is -0.122. The Bertz CT molecular complexity index is 894. The van der Waals surface area contributed by atoms with Crippen molar-refractivity contribution in [3.8, 4) is 0 Å². The minimum atomic E-state index is -0.572. The highest BCUT2D eigenvalue weighted by Crippen LogP contribution is 2.57. The molecule has 2 aliphatic carbocycles. The van der Waals surface area contributed by atoms with E-state index in [1.807, 2.05) is 13.8 Å². The van der Waals surface area contributed by atoms with Crippen LogP contribution in [-0.2, 0) is 14.3 Å². The van der Waals surface area contributed by atoms with Gasteiger partial charge >= 0.3 is 5.97 Å². The maximum atomic E-state index is 13.1. The van der Waals surface area contributed by atoms with Gasteiger partial charge in [-0.1, -0.05) is 34.9 Å². The number of carbonyl (C=O) groups excluding carboxylic acids is 3. The van der Waals surface area contributed by atoms with E-state index in [0.717, 1.165) is 0 Å². The van der Waals surface area contributed by atoms with Crippen LogP contribution >= 0.6 is 11.6 Å². The van der Waals surface area contributed by atoms with Crippen molar-refractivity contribution in [2.45, 2.75) is 20.8 Å². The van der Waals surface area contributed by atoms with Crippen LogP contribution in [0.4, 0.5) is 5.69 Å². The average molecular weight is 386 g/mol. The molecule has 0 aromatic heterocycles. The van der Waals surface area contributed by atoms with Crippen LogP contribution in [0.1, 0.15) is 31.1 Å². The molecule has 0 spiro atoms. The van der Waals surface area contributed by atoms with Crippen molar-refractivity contribution in [1.82, 2.24) is 0 Å². The quantitative estimate of drug-likeness (QED) is 0.451. The predicted molar refractivity (Wildman–Crippen MR) is 101 cm³/mol. The Morgan fingerprint density at radius 1 is 1.11 bits per heavy atom. The Labute approximate surface area is 162 Å². The third-order valence-corrected chi connectivity index (χ3v) is 6.03. The summed E-state index contributed by atoms with van der Waals surface area (Å²) in [7, 11) is 0. The molecule has 1 aliphatic heterocycles. The number of allylic oxidation sites excluding steroid dienone is 4. The van der Waals surface area contributed by atoms with E-state index in [2.05, 4.69) is 12.2 Å². The third-order valence-electron chi connectivity index (χ3n) is 5.70. The monoisotopic (exact) mass is 385 g/mol. The molecular weight excluding hydrogens is 366 g/mol. The lowest BCUT2D eigenvalue weighted by Crippen LogP contribution is -2.33. The summed E-state index contributed by atoms with van der Waals surface area (Å²) in [5.41, 5.74) is 2.90. The number of hydrogen-bond donors (Lipinski definition) is 0. The number of hydrogen-bond acceptors (Lipinski definition) is 4. The van der Waals surface area contributed by atoms with Crippen LogP contribution < -0.4 is 4.90 Å². The molecule has 1 heterocycles. The molecule has 4 rings (SSSR count). The van der Waals surface area contributed by atoms with E-state index < -0.39 is 5.97 Å². The molecule has 1 aromatic carbocycles. The molecule has 1 saturated carbocycles. The van der Waals surface area contributed by atoms with Crippen molar-refractivity contribution in [2.75, 3.05) is 11.5 Å². The highest BCUT2D eigenvalue weighted by molar-refractivity contribution is 6.34. The third kappa shape index (κ3) is 2.48. The van der Waals surface area contributed by atoms with Gasteiger partial charge in [0.25, 0.3) is 0 Å². The zero-order valence-electron chi connectivity index (χ0n) is 15.4. The summed E-state index contributed by atoms with van der Waals surface area (Å²) in [5, 5.41) is 0.227. The van der Waals surface area contributed by atoms with Crippen molar-refractivity contribution in [3.63, 3.8) is 0 Å². The number of amides is 2. The first-order valence-corrected chi connectivity index (χ1v) is 9.44. The molecule has 6 heteroatoms. The van der Waals surface area contributed by atoms with Gasteiger partial charge in [-0.05, 0) is 39.0 Å². The van der Waals surface area contributed by atoms with Crippen molar-refractivity contribution in [3.05, 3.63) is 52.1 Å². The van der Waals surface area contributed by atoms with E-state index in [1.54, 1.807) is 13.0 Å². The van der Waals surface area contributed by atoms with Gasteiger partial charge in [-0.2, -0.15) is 0 Å². The summed E-state index contributed by atoms with van der Waals surface area (Å²) in [6.45, 7) is 5.97. The molecule has 3 aliphatic rings. The second-order valence-corrected chi connectivity index (χ2v) is 7.75. The van der Waals surface area contributed by atoms with Crippen LogP contribution in [0.2, 0.25) is 5.02 Å². The van der Waals surface area contributed by atoms with E-state index in [1.165, 1.54) is 28.2 Å². The van der Waals surface area contributed by atoms with Crippen LogP contribution in [0.5, 0.6) is 0 Å². The summed E-state index contributed by atoms with van der Waals surface area (Å²) in [6, 6.07) is 4.58. The molecule has 1 saturated heterocycles. The van der Waals surface area contributed by atoms with Gasteiger partial charge in [0.1, 0.15) is 0 Å². The molecule has 1 aromatic rings. The van der Waals surface area contributed by atoms with Gasteiger partial charge in [0.05, 0.1) is 34.7 Å². The van der Waals surface area contributed by atoms with Crippen LogP contribution in [0, 0.1) is 23.7 Å². The molecule has 27 heavy (non-hydrogen) atoms. The molecule has 5 nitrogen and oxygen atoms in total. The number of esters is 1. The summed E-state index contributed by atoms with van der Waals surface area (Å²) in [4.78, 5) is 39.6. The molecule has 2 fully saturated rings. The van der Waals surface area contributed by atoms with Gasteiger partial charge in [-0.15, -0.1) is 0 Å². The number of ether oxygens (including phenoxy) is 1. The van der Waals surface area contributed by atoms with Crippen LogP contribution in [0.25, 0.3) is 0 Å². The molecule has 2 bridgehead atoms. The first-order chi connectivity index (χ1) is 12.9. The normalized spacial score (nSPS) is 28.1. The zero-order valence-corrected chi connectivity index (χ0v) is 16.1. The Kier molecular flexibility index (Phi) is 4.22. The SMILES string of the molecule is CCOC(=O)c1cc(N2C(=O)[C@@H]3[C@H](C2=O)[C@@H]2C=C[C@@H]3C2=C(C)C)ccc1Cl. The van der Waals surface area contributed by atoms with Crippen molar-refractivity contribution < 1.29 is 19.1 Å². The number of rotatable bonds is 3. The van der Waals surface area contributed by atoms with Gasteiger partial charge in [-0.3, -0.25) is 9.59 Å². The zero-order chi connectivity index (χ0) is 19.5. The maximum Gasteiger partial charge on any atom is 0.339 e. The molecule has 0 unspecified atom stereocenters. The van der Waals surface area contributed by atoms with Crippen molar-refractivity contribution >= 4 is 35.1 Å². The number of halogens is 1. The van der Waals surface area contributed by atoms with Crippen molar-refractivity contribution in [1.29, 1.82) is 0 Å². The topological polar surface area (TPSA) is 63.7 Å². The fourth-order valence-corrected chi connectivity index (χ4v) is 4.90. The summed E-state index contributed by atoms with van der Waals surface area (Å²) in [6.07, 6.45) is 4.10. The van der Waals surface area contributed by atoms with Crippen LogP contribution in [0.3, 0.4) is 0 Å². The van der Waals surface area contributed by atoms with E-state index in [9.17, 15) is 14.4 Å². The van der Waals surface area contributed by atoms with Crippen LogP contribution in [0.15, 0.2) is 41.5 Å². The first-order valence-electron chi connectivity index (χ1n) is 9.06. The fraction of sp³-hybridized carbons (Fsp3) is 0.381. The Balaban J connectivity index is 1.72. The largest absolute Gasteiger partial charge is 0.462 e. The average Bonchev–Trinajstić information content (AvgIpc) is 3.26. The van der Waals surface area contributed by atoms with E-state index in [0.29, 0.717) is 5.69 Å². The Morgan fingerprint density at radius 2 is 1.70 bits per heavy atom. The summed E-state index contributed by atoms with van der Waals surface area (Å²) in [5.74, 6) is -1.74. The summed E-state index contributed by atoms with van der Waals surface area (Å²) >= 11 is 6.11. The second kappa shape index (κ2) is 6.34. The van der Waals surface area contributed by atoms with Crippen LogP contribution in [-0.4, -0.2) is 24.4 Å². The van der Waals surface area contributed by atoms with Crippen molar-refractivity contribution in [2.24, 2.45) is 23.7 Å². The Morgan fingerprint density at radius 3 is 2.22 bits per heavy atom. The lowest BCUT2D eigenvalue weighted by Gasteiger charge is -2.20. The minimum absolute atomic E-state index is 0.0109. The highest BCUT2D eigenvalue weighted by Gasteiger charge is 2.61. The molecule has 2 amide bonds. The van der Waals surface area contributed by atoms with Gasteiger partial charge in [0.2, 0.25) is 11.8 Å². The molecule has 0 radical (unpaired) electrons. The number of anilines is 1. The lowest BCUT2D eigenvalue weighted by atomic mass is 9.85. The fourth-order valence-electron chi connectivity index (χ4n) is 4.70. The Hall–Kier alpha value is -2.40. The molecule has 4 atom stereocenters. The molecule has 0 N–H and O–H groups in total. The second-order valence-electron chi connectivity index (χ2n) is 7.34. The van der Waals surface area contributed by atoms with Gasteiger partial charge in [0.15, 0.2) is 0 Å². The predicted octanol–water partition coefficient (Wildman–Crippen LogP) is 3.77. The number of fused-ring (bicyclic) bond motifs is 5. The minimum Gasteiger partial charge on any atom is -0.462 e. The number of imide groups is 1. The number of benzene rings is 1. The van der Waals surface area contributed by atoms with Gasteiger partial charge < -0.3 is 4.74 Å². The van der Waals surface area contributed by atoms with E-state index in [-0.39, 0.29) is 52.7 Å². The number of carbonyl (C=O) groups is 3. The summed E-state index contributed by atoms with van der Waals surface area (Å²) < 4.78 is 5.01. The maximum absolute atomic E-state index is 13.1. The number of nitrogens with zero attached hydrogens (tertiary/aromatic N) is 1. The molecular formula is C21H20ClNO4. The molecule has 140 valence electrons. The van der Waals surface area contributed by atoms with Gasteiger partial charge in [0, 0.05) is 11.8 Å². The smallest absolute Gasteiger partial charge is 0.339 e.